The van der Waals surface area contributed by atoms with Crippen LogP contribution in [0.25, 0.3) is 0 Å². The number of carbonyl (C=O) groups is 1. The molecule has 1 amide bonds. The molecule has 1 heterocycles. The monoisotopic (exact) mass is 493 g/mol. The number of rotatable bonds is 9. The van der Waals surface area contributed by atoms with Gasteiger partial charge in [-0.1, -0.05) is 59.5 Å². The van der Waals surface area contributed by atoms with E-state index in [2.05, 4.69) is 15.5 Å². The maximum atomic E-state index is 12.8. The van der Waals surface area contributed by atoms with E-state index < -0.39 is 26.9 Å². The number of nitro benzene ring substituents is 1. The summed E-state index contributed by atoms with van der Waals surface area (Å²) in [5.41, 5.74) is 0.848. The highest BCUT2D eigenvalue weighted by molar-refractivity contribution is 8.00. The van der Waals surface area contributed by atoms with E-state index in [0.717, 1.165) is 22.2 Å². The third-order valence-electron chi connectivity index (χ3n) is 4.23. The van der Waals surface area contributed by atoms with Gasteiger partial charge < -0.3 is 0 Å². The Bertz CT molecular complexity index is 1220. The number of nitrogens with zero attached hydrogens (tertiary/aromatic N) is 4. The number of sulfonamides is 1. The molecule has 3 rings (SSSR count). The number of benzene rings is 2. The zero-order valence-corrected chi connectivity index (χ0v) is 19.5. The van der Waals surface area contributed by atoms with Gasteiger partial charge in [-0.05, 0) is 18.6 Å². The first-order valence-electron chi connectivity index (χ1n) is 9.20. The van der Waals surface area contributed by atoms with Crippen molar-refractivity contribution in [1.29, 1.82) is 0 Å². The summed E-state index contributed by atoms with van der Waals surface area (Å²) >= 11 is 2.64. The van der Waals surface area contributed by atoms with Crippen LogP contribution in [0.2, 0.25) is 0 Å². The molecular weight excluding hydrogens is 474 g/mol. The molecule has 1 atom stereocenters. The standard InChI is InChI=1S/C19H19N5O5S3/c1-13(23(32(2,28)29)15-9-6-10-16(11-15)24(26)27)17(25)20-18-21-22-19(31-18)30-12-14-7-4-3-5-8-14/h3-11,13H,12H2,1-2H3,(H,20,21,25)/t13-/m0/s1. The van der Waals surface area contributed by atoms with Gasteiger partial charge in [0.25, 0.3) is 5.69 Å². The van der Waals surface area contributed by atoms with Gasteiger partial charge in [-0.25, -0.2) is 8.42 Å². The van der Waals surface area contributed by atoms with E-state index in [1.54, 1.807) is 0 Å². The molecular formula is C19H19N5O5S3. The normalized spacial score (nSPS) is 12.2. The highest BCUT2D eigenvalue weighted by Gasteiger charge is 2.30. The quantitative estimate of drug-likeness (QED) is 0.207. The van der Waals surface area contributed by atoms with E-state index in [1.165, 1.54) is 48.2 Å². The number of thioether (sulfide) groups is 1. The third kappa shape index (κ3) is 6.02. The second-order valence-corrected chi connectivity index (χ2v) is 10.7. The molecule has 0 aliphatic rings. The van der Waals surface area contributed by atoms with Crippen molar-refractivity contribution in [3.63, 3.8) is 0 Å². The van der Waals surface area contributed by atoms with E-state index in [1.807, 2.05) is 30.3 Å². The van der Waals surface area contributed by atoms with Crippen molar-refractivity contribution < 1.29 is 18.1 Å². The average Bonchev–Trinajstić information content (AvgIpc) is 3.19. The number of aromatic nitrogens is 2. The van der Waals surface area contributed by atoms with Crippen LogP contribution >= 0.6 is 23.1 Å². The summed E-state index contributed by atoms with van der Waals surface area (Å²) < 4.78 is 26.2. The van der Waals surface area contributed by atoms with E-state index >= 15 is 0 Å². The van der Waals surface area contributed by atoms with Gasteiger partial charge in [-0.2, -0.15) is 0 Å². The molecule has 0 unspecified atom stereocenters. The Morgan fingerprint density at radius 2 is 1.94 bits per heavy atom. The van der Waals surface area contributed by atoms with Crippen LogP contribution < -0.4 is 9.62 Å². The van der Waals surface area contributed by atoms with E-state index in [0.29, 0.717) is 10.1 Å². The average molecular weight is 494 g/mol. The number of nitrogens with one attached hydrogen (secondary N) is 1. The largest absolute Gasteiger partial charge is 0.299 e. The van der Waals surface area contributed by atoms with E-state index in [9.17, 15) is 23.3 Å². The smallest absolute Gasteiger partial charge is 0.271 e. The van der Waals surface area contributed by atoms with Gasteiger partial charge in [0, 0.05) is 17.9 Å². The summed E-state index contributed by atoms with van der Waals surface area (Å²) in [6.07, 6.45) is 0.929. The van der Waals surface area contributed by atoms with Gasteiger partial charge in [0.05, 0.1) is 16.9 Å². The topological polar surface area (TPSA) is 135 Å². The molecule has 0 fully saturated rings. The summed E-state index contributed by atoms with van der Waals surface area (Å²) in [4.78, 5) is 23.2. The SMILES string of the molecule is C[C@@H](C(=O)Nc1nnc(SCc2ccccc2)s1)N(c1cccc([N+](=O)[O-])c1)S(C)(=O)=O. The zero-order valence-electron chi connectivity index (χ0n) is 17.0. The highest BCUT2D eigenvalue weighted by Crippen LogP contribution is 2.29. The number of hydrogen-bond acceptors (Lipinski definition) is 9. The van der Waals surface area contributed by atoms with Crippen molar-refractivity contribution in [2.75, 3.05) is 15.9 Å². The molecule has 1 aromatic heterocycles. The molecule has 0 saturated carbocycles. The van der Waals surface area contributed by atoms with Gasteiger partial charge in [0.15, 0.2) is 4.34 Å². The maximum absolute atomic E-state index is 12.8. The number of carbonyl (C=O) groups excluding carboxylic acids is 1. The second kappa shape index (κ2) is 10.1. The van der Waals surface area contributed by atoms with Crippen molar-refractivity contribution >= 4 is 55.5 Å². The second-order valence-electron chi connectivity index (χ2n) is 6.65. The molecule has 0 saturated heterocycles. The van der Waals surface area contributed by atoms with Crippen LogP contribution in [0.3, 0.4) is 0 Å². The number of amides is 1. The number of non-ortho nitro benzene ring substituents is 1. The molecule has 0 aliphatic heterocycles. The Balaban J connectivity index is 1.72. The van der Waals surface area contributed by atoms with Crippen LogP contribution in [0.15, 0.2) is 58.9 Å². The van der Waals surface area contributed by atoms with Crippen LogP contribution in [-0.4, -0.2) is 41.7 Å². The summed E-state index contributed by atoms with van der Waals surface area (Å²) in [6.45, 7) is 1.39. The first-order chi connectivity index (χ1) is 15.1. The lowest BCUT2D eigenvalue weighted by Gasteiger charge is -2.27. The lowest BCUT2D eigenvalue weighted by molar-refractivity contribution is -0.384. The van der Waals surface area contributed by atoms with Crippen LogP contribution in [0.5, 0.6) is 0 Å². The summed E-state index contributed by atoms with van der Waals surface area (Å²) in [6, 6.07) is 13.7. The predicted molar refractivity (Wildman–Crippen MR) is 124 cm³/mol. The molecule has 168 valence electrons. The summed E-state index contributed by atoms with van der Waals surface area (Å²) in [5, 5.41) is 21.8. The Morgan fingerprint density at radius 3 is 2.59 bits per heavy atom. The first-order valence-corrected chi connectivity index (χ1v) is 12.8. The van der Waals surface area contributed by atoms with E-state index in [-0.39, 0.29) is 16.5 Å². The van der Waals surface area contributed by atoms with Crippen molar-refractivity contribution in [3.8, 4) is 0 Å². The molecule has 0 radical (unpaired) electrons. The minimum absolute atomic E-state index is 0.0146. The highest BCUT2D eigenvalue weighted by atomic mass is 32.2. The van der Waals surface area contributed by atoms with Gasteiger partial charge in [-0.15, -0.1) is 10.2 Å². The van der Waals surface area contributed by atoms with Crippen LogP contribution in [0.1, 0.15) is 12.5 Å². The lowest BCUT2D eigenvalue weighted by atomic mass is 10.2. The minimum atomic E-state index is -3.92. The number of anilines is 2. The molecule has 10 nitrogen and oxygen atoms in total. The molecule has 0 spiro atoms. The van der Waals surface area contributed by atoms with Crippen LogP contribution in [0, 0.1) is 10.1 Å². The first kappa shape index (κ1) is 23.6. The zero-order chi connectivity index (χ0) is 23.3. The van der Waals surface area contributed by atoms with Crippen LogP contribution in [0.4, 0.5) is 16.5 Å². The molecule has 0 bridgehead atoms. The fourth-order valence-corrected chi connectivity index (χ4v) is 5.68. The van der Waals surface area contributed by atoms with Crippen molar-refractivity contribution in [3.05, 3.63) is 70.3 Å². The molecule has 13 heteroatoms. The Labute approximate surface area is 192 Å². The number of hydrogen-bond donors (Lipinski definition) is 1. The van der Waals surface area contributed by atoms with Crippen molar-refractivity contribution in [1.82, 2.24) is 10.2 Å². The summed E-state index contributed by atoms with van der Waals surface area (Å²) in [5.74, 6) is 0.0479. The van der Waals surface area contributed by atoms with Gasteiger partial charge in [0.1, 0.15) is 6.04 Å². The Kier molecular flexibility index (Phi) is 7.43. The van der Waals surface area contributed by atoms with Crippen molar-refractivity contribution in [2.45, 2.75) is 23.1 Å². The predicted octanol–water partition coefficient (Wildman–Crippen LogP) is 3.53. The van der Waals surface area contributed by atoms with Gasteiger partial charge in [-0.3, -0.25) is 24.5 Å². The molecule has 32 heavy (non-hydrogen) atoms. The molecule has 2 aromatic carbocycles. The van der Waals surface area contributed by atoms with Gasteiger partial charge in [0.2, 0.25) is 21.1 Å². The molecule has 1 N–H and O–H groups in total. The number of nitro groups is 1. The van der Waals surface area contributed by atoms with Crippen molar-refractivity contribution in [2.24, 2.45) is 0 Å². The minimum Gasteiger partial charge on any atom is -0.299 e. The van der Waals surface area contributed by atoms with Gasteiger partial charge >= 0.3 is 0 Å². The fraction of sp³-hybridized carbons (Fsp3) is 0.211. The summed E-state index contributed by atoms with van der Waals surface area (Å²) in [7, 11) is -3.92. The molecule has 0 aliphatic carbocycles. The van der Waals surface area contributed by atoms with Crippen LogP contribution in [-0.2, 0) is 20.6 Å². The fourth-order valence-electron chi connectivity index (χ4n) is 2.80. The third-order valence-corrected chi connectivity index (χ3v) is 7.51. The molecule has 3 aromatic rings. The van der Waals surface area contributed by atoms with E-state index in [4.69, 9.17) is 0 Å². The Morgan fingerprint density at radius 1 is 1.22 bits per heavy atom. The maximum Gasteiger partial charge on any atom is 0.271 e. The Hall–Kier alpha value is -3.03. The lowest BCUT2D eigenvalue weighted by Crippen LogP contribution is -2.45.